The largest absolute Gasteiger partial charge is 0.497 e. The van der Waals surface area contributed by atoms with E-state index in [4.69, 9.17) is 4.74 Å². The first-order chi connectivity index (χ1) is 12.9. The Labute approximate surface area is 159 Å². The zero-order valence-electron chi connectivity index (χ0n) is 15.8. The number of hydrogen-bond acceptors (Lipinski definition) is 3. The molecule has 0 saturated carbocycles. The van der Waals surface area contributed by atoms with Gasteiger partial charge in [-0.2, -0.15) is 0 Å². The molecule has 1 heterocycles. The minimum absolute atomic E-state index is 0.117. The number of hydrogen-bond donors (Lipinski definition) is 2. The molecule has 142 valence electrons. The molecular formula is C21H24N2O3S. The number of rotatable bonds is 4. The van der Waals surface area contributed by atoms with Crippen molar-refractivity contribution in [2.45, 2.75) is 44.0 Å². The highest BCUT2D eigenvalue weighted by atomic mass is 32.2. The van der Waals surface area contributed by atoms with Crippen LogP contribution in [-0.2, 0) is 22.9 Å². The Balaban J connectivity index is 1.62. The molecule has 0 saturated heterocycles. The Hall–Kier alpha value is -2.31. The van der Waals surface area contributed by atoms with Gasteiger partial charge in [-0.05, 0) is 68.5 Å². The zero-order chi connectivity index (χ0) is 19.2. The van der Waals surface area contributed by atoms with E-state index in [0.29, 0.717) is 11.3 Å². The lowest BCUT2D eigenvalue weighted by Gasteiger charge is -2.24. The number of benzene rings is 2. The lowest BCUT2D eigenvalue weighted by Crippen LogP contribution is -2.38. The van der Waals surface area contributed by atoms with E-state index in [1.807, 2.05) is 44.2 Å². The Morgan fingerprint density at radius 3 is 2.70 bits per heavy atom. The van der Waals surface area contributed by atoms with E-state index in [-0.39, 0.29) is 6.04 Å². The van der Waals surface area contributed by atoms with Gasteiger partial charge in [-0.1, -0.05) is 17.7 Å². The van der Waals surface area contributed by atoms with Crippen LogP contribution in [0.1, 0.15) is 28.8 Å². The van der Waals surface area contributed by atoms with Crippen LogP contribution in [0.5, 0.6) is 5.75 Å². The fraction of sp³-hybridized carbons (Fsp3) is 0.333. The molecule has 4 rings (SSSR count). The van der Waals surface area contributed by atoms with Gasteiger partial charge in [0.1, 0.15) is 5.75 Å². The van der Waals surface area contributed by atoms with Gasteiger partial charge in [-0.15, -0.1) is 0 Å². The van der Waals surface area contributed by atoms with Crippen LogP contribution in [0.3, 0.4) is 0 Å². The maximum Gasteiger partial charge on any atom is 0.241 e. The lowest BCUT2D eigenvalue weighted by atomic mass is 9.92. The average molecular weight is 385 g/mol. The number of nitrogens with one attached hydrogen (secondary N) is 2. The molecule has 6 heteroatoms. The van der Waals surface area contributed by atoms with Gasteiger partial charge in [0.25, 0.3) is 0 Å². The molecule has 0 bridgehead atoms. The molecular weight excluding hydrogens is 360 g/mol. The molecule has 0 amide bonds. The minimum Gasteiger partial charge on any atom is -0.497 e. The summed E-state index contributed by atoms with van der Waals surface area (Å²) in [5.41, 5.74) is 5.28. The Bertz CT molecular complexity index is 1120. The number of aromatic amines is 1. The van der Waals surface area contributed by atoms with Crippen LogP contribution in [-0.4, -0.2) is 26.6 Å². The van der Waals surface area contributed by atoms with Gasteiger partial charge < -0.3 is 9.72 Å². The number of fused-ring (bicyclic) bond motifs is 3. The number of ether oxygens (including phenoxy) is 1. The van der Waals surface area contributed by atoms with Crippen molar-refractivity contribution in [1.29, 1.82) is 0 Å². The monoisotopic (exact) mass is 384 g/mol. The van der Waals surface area contributed by atoms with Crippen LogP contribution in [0.2, 0.25) is 0 Å². The summed E-state index contributed by atoms with van der Waals surface area (Å²) in [7, 11) is -1.89. The van der Waals surface area contributed by atoms with Gasteiger partial charge in [0.2, 0.25) is 10.0 Å². The normalized spacial score (nSPS) is 17.1. The molecule has 2 N–H and O–H groups in total. The molecule has 0 fully saturated rings. The molecule has 0 aliphatic heterocycles. The fourth-order valence-corrected chi connectivity index (χ4v) is 5.50. The van der Waals surface area contributed by atoms with E-state index in [1.54, 1.807) is 13.2 Å². The summed E-state index contributed by atoms with van der Waals surface area (Å²) in [6, 6.07) is 11.3. The Morgan fingerprint density at radius 2 is 1.96 bits per heavy atom. The molecule has 1 aliphatic carbocycles. The van der Waals surface area contributed by atoms with Gasteiger partial charge in [0.05, 0.1) is 12.0 Å². The van der Waals surface area contributed by atoms with Crippen molar-refractivity contribution in [3.8, 4) is 5.75 Å². The second-order valence-electron chi connectivity index (χ2n) is 7.32. The van der Waals surface area contributed by atoms with Crippen molar-refractivity contribution in [3.05, 3.63) is 58.8 Å². The highest BCUT2D eigenvalue weighted by Gasteiger charge is 2.27. The quantitative estimate of drug-likeness (QED) is 0.722. The van der Waals surface area contributed by atoms with Crippen molar-refractivity contribution >= 4 is 20.9 Å². The van der Waals surface area contributed by atoms with E-state index >= 15 is 0 Å². The first-order valence-corrected chi connectivity index (χ1v) is 10.6. The van der Waals surface area contributed by atoms with Crippen LogP contribution >= 0.6 is 0 Å². The smallest absolute Gasteiger partial charge is 0.241 e. The molecule has 0 radical (unpaired) electrons. The van der Waals surface area contributed by atoms with Crippen molar-refractivity contribution in [3.63, 3.8) is 0 Å². The predicted octanol–water partition coefficient (Wildman–Crippen LogP) is 3.63. The van der Waals surface area contributed by atoms with Crippen molar-refractivity contribution in [1.82, 2.24) is 9.71 Å². The molecule has 2 aromatic carbocycles. The highest BCUT2D eigenvalue weighted by molar-refractivity contribution is 7.89. The summed E-state index contributed by atoms with van der Waals surface area (Å²) in [5, 5.41) is 1.11. The van der Waals surface area contributed by atoms with Gasteiger partial charge >= 0.3 is 0 Å². The van der Waals surface area contributed by atoms with Crippen molar-refractivity contribution in [2.24, 2.45) is 0 Å². The summed E-state index contributed by atoms with van der Waals surface area (Å²) in [6.45, 7) is 3.80. The van der Waals surface area contributed by atoms with Crippen LogP contribution in [0.25, 0.3) is 10.9 Å². The van der Waals surface area contributed by atoms with E-state index in [0.717, 1.165) is 40.6 Å². The number of H-pyrrole nitrogens is 1. The molecule has 1 atom stereocenters. The van der Waals surface area contributed by atoms with Gasteiger partial charge in [-0.25, -0.2) is 13.1 Å². The van der Waals surface area contributed by atoms with Gasteiger partial charge in [-0.3, -0.25) is 0 Å². The third kappa shape index (κ3) is 3.35. The first kappa shape index (κ1) is 18.1. The molecule has 1 unspecified atom stereocenters. The van der Waals surface area contributed by atoms with Crippen LogP contribution in [0.15, 0.2) is 41.3 Å². The van der Waals surface area contributed by atoms with E-state index in [1.165, 1.54) is 11.3 Å². The standard InChI is InChI=1S/C21H24N2O3S/c1-13-4-9-21(14(2)10-13)27(24,25)23-15-5-7-19-17(11-15)18-12-16(26-3)6-8-20(18)22-19/h4,6,8-10,12,15,22-23H,5,7,11H2,1-3H3. The summed E-state index contributed by atoms with van der Waals surface area (Å²) in [4.78, 5) is 3.83. The second-order valence-corrected chi connectivity index (χ2v) is 9.01. The van der Waals surface area contributed by atoms with Crippen LogP contribution in [0, 0.1) is 13.8 Å². The van der Waals surface area contributed by atoms with Crippen LogP contribution < -0.4 is 9.46 Å². The number of aryl methyl sites for hydroxylation is 3. The third-order valence-electron chi connectivity index (χ3n) is 5.34. The number of aromatic nitrogens is 1. The topological polar surface area (TPSA) is 71.2 Å². The molecule has 0 spiro atoms. The number of methoxy groups -OCH3 is 1. The molecule has 5 nitrogen and oxygen atoms in total. The highest BCUT2D eigenvalue weighted by Crippen LogP contribution is 2.32. The van der Waals surface area contributed by atoms with Crippen LogP contribution in [0.4, 0.5) is 0 Å². The second kappa shape index (κ2) is 6.69. The van der Waals surface area contributed by atoms with Crippen molar-refractivity contribution < 1.29 is 13.2 Å². The van der Waals surface area contributed by atoms with Crippen molar-refractivity contribution in [2.75, 3.05) is 7.11 Å². The third-order valence-corrected chi connectivity index (χ3v) is 7.02. The summed E-state index contributed by atoms with van der Waals surface area (Å²) in [6.07, 6.45) is 2.28. The van der Waals surface area contributed by atoms with Gasteiger partial charge in [0.15, 0.2) is 0 Å². The Morgan fingerprint density at radius 1 is 1.15 bits per heavy atom. The Kier molecular flexibility index (Phi) is 4.48. The minimum atomic E-state index is -3.54. The fourth-order valence-electron chi connectivity index (χ4n) is 4.01. The summed E-state index contributed by atoms with van der Waals surface area (Å²) in [5.74, 6) is 0.808. The zero-order valence-corrected chi connectivity index (χ0v) is 16.6. The summed E-state index contributed by atoms with van der Waals surface area (Å²) < 4.78 is 34.1. The van der Waals surface area contributed by atoms with E-state index < -0.39 is 10.0 Å². The maximum absolute atomic E-state index is 12.9. The molecule has 1 aromatic heterocycles. The molecule has 1 aliphatic rings. The van der Waals surface area contributed by atoms with Gasteiger partial charge in [0, 0.05) is 22.6 Å². The first-order valence-electron chi connectivity index (χ1n) is 9.14. The van der Waals surface area contributed by atoms with E-state index in [2.05, 4.69) is 9.71 Å². The van der Waals surface area contributed by atoms with E-state index in [9.17, 15) is 8.42 Å². The predicted molar refractivity (Wildman–Crippen MR) is 107 cm³/mol. The number of sulfonamides is 1. The molecule has 3 aromatic rings. The molecule has 27 heavy (non-hydrogen) atoms. The maximum atomic E-state index is 12.9. The lowest BCUT2D eigenvalue weighted by molar-refractivity contribution is 0.415. The average Bonchev–Trinajstić information content (AvgIpc) is 2.98. The SMILES string of the molecule is COc1ccc2[nH]c3c(c2c1)CC(NS(=O)(=O)c1ccc(C)cc1C)CC3. The summed E-state index contributed by atoms with van der Waals surface area (Å²) >= 11 is 0.